The lowest BCUT2D eigenvalue weighted by atomic mass is 10.2. The summed E-state index contributed by atoms with van der Waals surface area (Å²) in [4.78, 5) is 2.29. The van der Waals surface area contributed by atoms with Gasteiger partial charge >= 0.3 is 0 Å². The lowest BCUT2D eigenvalue weighted by Gasteiger charge is -2.20. The largest absolute Gasteiger partial charge is 0.468 e. The zero-order chi connectivity index (χ0) is 9.97. The van der Waals surface area contributed by atoms with Gasteiger partial charge < -0.3 is 9.52 Å². The highest BCUT2D eigenvalue weighted by Crippen LogP contribution is 2.20. The van der Waals surface area contributed by atoms with E-state index < -0.39 is 0 Å². The number of nitrogens with zero attached hydrogens (tertiary/aromatic N) is 1. The fraction of sp³-hybridized carbons (Fsp3) is 0.636. The quantitative estimate of drug-likeness (QED) is 0.795. The minimum Gasteiger partial charge on any atom is -0.468 e. The van der Waals surface area contributed by atoms with E-state index in [1.807, 2.05) is 6.92 Å². The first kappa shape index (κ1) is 9.74. The van der Waals surface area contributed by atoms with E-state index in [1.165, 1.54) is 12.0 Å². The second-order valence-corrected chi connectivity index (χ2v) is 4.04. The zero-order valence-electron chi connectivity index (χ0n) is 8.57. The maximum Gasteiger partial charge on any atom is 0.118 e. The molecule has 3 nitrogen and oxygen atoms in total. The van der Waals surface area contributed by atoms with E-state index >= 15 is 0 Å². The van der Waals surface area contributed by atoms with Crippen LogP contribution >= 0.6 is 0 Å². The topological polar surface area (TPSA) is 36.6 Å². The molecule has 1 fully saturated rings. The Labute approximate surface area is 84.3 Å². The highest BCUT2D eigenvalue weighted by atomic mass is 16.3. The second-order valence-electron chi connectivity index (χ2n) is 4.04. The van der Waals surface area contributed by atoms with Crippen molar-refractivity contribution in [2.75, 3.05) is 13.2 Å². The molecule has 3 heteroatoms. The minimum atomic E-state index is 0.264. The van der Waals surface area contributed by atoms with Crippen LogP contribution in [0, 0.1) is 6.92 Å². The summed E-state index contributed by atoms with van der Waals surface area (Å²) in [6, 6.07) is 2.40. The van der Waals surface area contributed by atoms with Gasteiger partial charge in [0.2, 0.25) is 0 Å². The molecule has 0 amide bonds. The van der Waals surface area contributed by atoms with Crippen molar-refractivity contribution < 1.29 is 9.52 Å². The molecular formula is C11H17NO2. The molecule has 0 saturated carbocycles. The van der Waals surface area contributed by atoms with E-state index in [-0.39, 0.29) is 6.61 Å². The molecule has 78 valence electrons. The third-order valence-electron chi connectivity index (χ3n) is 2.85. The Hall–Kier alpha value is -0.800. The van der Waals surface area contributed by atoms with Crippen LogP contribution in [0.5, 0.6) is 0 Å². The molecule has 2 heterocycles. The summed E-state index contributed by atoms with van der Waals surface area (Å²) in [7, 11) is 0. The molecule has 1 saturated heterocycles. The minimum absolute atomic E-state index is 0.264. The summed E-state index contributed by atoms with van der Waals surface area (Å²) >= 11 is 0. The van der Waals surface area contributed by atoms with Gasteiger partial charge in [-0.3, -0.25) is 4.90 Å². The number of aliphatic hydroxyl groups excluding tert-OH is 1. The van der Waals surface area contributed by atoms with Crippen molar-refractivity contribution in [1.29, 1.82) is 0 Å². The average Bonchev–Trinajstić information content (AvgIpc) is 2.76. The summed E-state index contributed by atoms with van der Waals surface area (Å²) < 4.78 is 5.40. The van der Waals surface area contributed by atoms with Gasteiger partial charge in [0.1, 0.15) is 5.76 Å². The first-order chi connectivity index (χ1) is 6.79. The molecule has 1 aliphatic rings. The monoisotopic (exact) mass is 195 g/mol. The summed E-state index contributed by atoms with van der Waals surface area (Å²) in [5.74, 6) is 1.00. The van der Waals surface area contributed by atoms with Gasteiger partial charge in [0.25, 0.3) is 0 Å². The lowest BCUT2D eigenvalue weighted by Crippen LogP contribution is -2.31. The molecule has 1 atom stereocenters. The Balaban J connectivity index is 1.96. The standard InChI is InChI=1S/C11H17NO2/c1-9-5-11(14-8-9)6-12-4-2-3-10(12)7-13/h5,8,10,13H,2-4,6-7H2,1H3. The Morgan fingerprint density at radius 2 is 2.50 bits per heavy atom. The van der Waals surface area contributed by atoms with E-state index in [4.69, 9.17) is 9.52 Å². The zero-order valence-corrected chi connectivity index (χ0v) is 8.57. The smallest absolute Gasteiger partial charge is 0.118 e. The van der Waals surface area contributed by atoms with Gasteiger partial charge in [-0.2, -0.15) is 0 Å². The third-order valence-corrected chi connectivity index (χ3v) is 2.85. The van der Waals surface area contributed by atoms with Gasteiger partial charge in [-0.15, -0.1) is 0 Å². The van der Waals surface area contributed by atoms with Gasteiger partial charge in [-0.05, 0) is 37.9 Å². The van der Waals surface area contributed by atoms with Gasteiger partial charge in [-0.25, -0.2) is 0 Å². The molecule has 0 bridgehead atoms. The molecule has 2 rings (SSSR count). The third kappa shape index (κ3) is 1.99. The van der Waals surface area contributed by atoms with Crippen LogP contribution in [-0.2, 0) is 6.54 Å². The van der Waals surface area contributed by atoms with Crippen molar-refractivity contribution in [3.8, 4) is 0 Å². The van der Waals surface area contributed by atoms with Crippen molar-refractivity contribution in [2.24, 2.45) is 0 Å². The number of rotatable bonds is 3. The van der Waals surface area contributed by atoms with E-state index in [9.17, 15) is 0 Å². The van der Waals surface area contributed by atoms with Gasteiger partial charge in [-0.1, -0.05) is 0 Å². The molecule has 0 radical (unpaired) electrons. The first-order valence-corrected chi connectivity index (χ1v) is 5.18. The molecule has 1 aromatic rings. The van der Waals surface area contributed by atoms with E-state index in [2.05, 4.69) is 11.0 Å². The summed E-state index contributed by atoms with van der Waals surface area (Å²) in [5, 5.41) is 9.15. The number of hydrogen-bond acceptors (Lipinski definition) is 3. The Bertz CT molecular complexity index is 295. The number of furan rings is 1. The maximum atomic E-state index is 9.15. The maximum absolute atomic E-state index is 9.15. The predicted octanol–water partition coefficient (Wildman–Crippen LogP) is 1.54. The van der Waals surface area contributed by atoms with Crippen LogP contribution < -0.4 is 0 Å². The summed E-state index contributed by atoms with van der Waals surface area (Å²) in [5.41, 5.74) is 1.17. The van der Waals surface area contributed by atoms with Crippen LogP contribution in [-0.4, -0.2) is 29.2 Å². The molecule has 1 aliphatic heterocycles. The van der Waals surface area contributed by atoms with Crippen molar-refractivity contribution in [3.63, 3.8) is 0 Å². The molecule has 1 N–H and O–H groups in total. The molecular weight excluding hydrogens is 178 g/mol. The fourth-order valence-corrected chi connectivity index (χ4v) is 2.08. The van der Waals surface area contributed by atoms with Gasteiger partial charge in [0.05, 0.1) is 19.4 Å². The fourth-order valence-electron chi connectivity index (χ4n) is 2.08. The average molecular weight is 195 g/mol. The number of likely N-dealkylation sites (tertiary alicyclic amines) is 1. The van der Waals surface area contributed by atoms with Crippen LogP contribution in [0.2, 0.25) is 0 Å². The van der Waals surface area contributed by atoms with E-state index in [0.29, 0.717) is 6.04 Å². The Morgan fingerprint density at radius 1 is 1.64 bits per heavy atom. The molecule has 1 aromatic heterocycles. The van der Waals surface area contributed by atoms with Crippen LogP contribution in [0.1, 0.15) is 24.2 Å². The highest BCUT2D eigenvalue weighted by molar-refractivity contribution is 5.10. The Morgan fingerprint density at radius 3 is 3.14 bits per heavy atom. The molecule has 0 spiro atoms. The summed E-state index contributed by atoms with van der Waals surface area (Å²) in [6.07, 6.45) is 4.07. The van der Waals surface area contributed by atoms with Crippen LogP contribution in [0.25, 0.3) is 0 Å². The SMILES string of the molecule is Cc1coc(CN2CCCC2CO)c1. The number of aryl methyl sites for hydroxylation is 1. The van der Waals surface area contributed by atoms with Gasteiger partial charge in [0, 0.05) is 6.04 Å². The number of aliphatic hydroxyl groups is 1. The lowest BCUT2D eigenvalue weighted by molar-refractivity contribution is 0.146. The van der Waals surface area contributed by atoms with Crippen molar-refractivity contribution in [1.82, 2.24) is 4.90 Å². The van der Waals surface area contributed by atoms with Crippen LogP contribution in [0.3, 0.4) is 0 Å². The molecule has 14 heavy (non-hydrogen) atoms. The van der Waals surface area contributed by atoms with Gasteiger partial charge in [0.15, 0.2) is 0 Å². The highest BCUT2D eigenvalue weighted by Gasteiger charge is 2.24. The first-order valence-electron chi connectivity index (χ1n) is 5.18. The molecule has 0 aromatic carbocycles. The van der Waals surface area contributed by atoms with Crippen molar-refractivity contribution in [2.45, 2.75) is 32.4 Å². The molecule has 1 unspecified atom stereocenters. The molecule has 0 aliphatic carbocycles. The van der Waals surface area contributed by atoms with Crippen molar-refractivity contribution >= 4 is 0 Å². The van der Waals surface area contributed by atoms with Crippen LogP contribution in [0.15, 0.2) is 16.7 Å². The second kappa shape index (κ2) is 4.15. The van der Waals surface area contributed by atoms with Crippen molar-refractivity contribution in [3.05, 3.63) is 23.7 Å². The normalized spacial score (nSPS) is 23.1. The Kier molecular flexibility index (Phi) is 2.89. The van der Waals surface area contributed by atoms with E-state index in [0.717, 1.165) is 25.3 Å². The summed E-state index contributed by atoms with van der Waals surface area (Å²) in [6.45, 7) is 4.20. The van der Waals surface area contributed by atoms with E-state index in [1.54, 1.807) is 6.26 Å². The van der Waals surface area contributed by atoms with Crippen LogP contribution in [0.4, 0.5) is 0 Å². The number of hydrogen-bond donors (Lipinski definition) is 1. The predicted molar refractivity (Wildman–Crippen MR) is 54.0 cm³/mol.